The number of nitrogens with zero attached hydrogens (tertiary/aromatic N) is 2. The van der Waals surface area contributed by atoms with Crippen LogP contribution in [0.1, 0.15) is 0 Å². The number of carbonyl (C=O) groups is 1. The van der Waals surface area contributed by atoms with Crippen molar-refractivity contribution in [2.75, 3.05) is 66.1 Å². The zero-order chi connectivity index (χ0) is 17.2. The second-order valence-corrected chi connectivity index (χ2v) is 6.08. The van der Waals surface area contributed by atoms with Gasteiger partial charge in [-0.2, -0.15) is 0 Å². The first-order valence-corrected chi connectivity index (χ1v) is 8.65. The van der Waals surface area contributed by atoms with Crippen molar-refractivity contribution in [3.8, 4) is 5.75 Å². The molecule has 1 amide bonds. The molecule has 1 heterocycles. The summed E-state index contributed by atoms with van der Waals surface area (Å²) in [6.45, 7) is 6.38. The van der Waals surface area contributed by atoms with Crippen molar-refractivity contribution < 1.29 is 14.3 Å². The fraction of sp³-hybridized carbons (Fsp3) is 0.588. The van der Waals surface area contributed by atoms with Gasteiger partial charge in [0.25, 0.3) is 0 Å². The molecule has 26 heavy (non-hydrogen) atoms. The minimum absolute atomic E-state index is 0. The van der Waals surface area contributed by atoms with Gasteiger partial charge in [-0.1, -0.05) is 23.7 Å². The summed E-state index contributed by atoms with van der Waals surface area (Å²) in [5.41, 5.74) is 0. The van der Waals surface area contributed by atoms with Crippen LogP contribution in [-0.2, 0) is 9.53 Å². The van der Waals surface area contributed by atoms with Crippen molar-refractivity contribution in [2.45, 2.75) is 0 Å². The van der Waals surface area contributed by atoms with Gasteiger partial charge in [-0.05, 0) is 12.1 Å². The molecule has 2 rings (SSSR count). The van der Waals surface area contributed by atoms with E-state index in [1.54, 1.807) is 7.11 Å². The molecule has 9 heteroatoms. The molecule has 0 radical (unpaired) electrons. The molecular formula is C17H28Cl3N3O3. The highest BCUT2D eigenvalue weighted by Gasteiger charge is 2.20. The summed E-state index contributed by atoms with van der Waals surface area (Å²) in [5, 5.41) is 3.72. The number of rotatable bonds is 9. The molecule has 0 spiro atoms. The highest BCUT2D eigenvalue weighted by molar-refractivity contribution is 6.32. The van der Waals surface area contributed by atoms with Gasteiger partial charge in [0.1, 0.15) is 12.4 Å². The highest BCUT2D eigenvalue weighted by Crippen LogP contribution is 2.22. The summed E-state index contributed by atoms with van der Waals surface area (Å²) in [6.07, 6.45) is 0. The number of hydrogen-bond donors (Lipinski definition) is 1. The van der Waals surface area contributed by atoms with Crippen LogP contribution in [0.25, 0.3) is 0 Å². The average Bonchev–Trinajstić information content (AvgIpc) is 2.61. The first-order chi connectivity index (χ1) is 11.7. The van der Waals surface area contributed by atoms with Crippen LogP contribution >= 0.6 is 36.4 Å². The lowest BCUT2D eigenvalue weighted by molar-refractivity contribution is -0.132. The summed E-state index contributed by atoms with van der Waals surface area (Å²) >= 11 is 6.06. The topological polar surface area (TPSA) is 54.0 Å². The van der Waals surface area contributed by atoms with Crippen LogP contribution in [0.2, 0.25) is 5.02 Å². The predicted octanol–water partition coefficient (Wildman–Crippen LogP) is 1.94. The zero-order valence-electron chi connectivity index (χ0n) is 15.0. The Labute approximate surface area is 173 Å². The van der Waals surface area contributed by atoms with Gasteiger partial charge in [0.05, 0.1) is 18.2 Å². The fourth-order valence-electron chi connectivity index (χ4n) is 2.55. The SMILES string of the molecule is COCCNCC(=O)N1CCN(CCOc2ccccc2Cl)CC1.Cl.Cl. The van der Waals surface area contributed by atoms with E-state index in [9.17, 15) is 4.79 Å². The number of piperazine rings is 1. The number of amides is 1. The Bertz CT molecular complexity index is 515. The zero-order valence-corrected chi connectivity index (χ0v) is 17.4. The van der Waals surface area contributed by atoms with E-state index >= 15 is 0 Å². The van der Waals surface area contributed by atoms with Gasteiger partial charge in [-0.25, -0.2) is 0 Å². The second-order valence-electron chi connectivity index (χ2n) is 5.67. The predicted molar refractivity (Wildman–Crippen MR) is 109 cm³/mol. The van der Waals surface area contributed by atoms with Gasteiger partial charge in [0, 0.05) is 46.4 Å². The van der Waals surface area contributed by atoms with E-state index in [0.717, 1.165) is 38.5 Å². The molecule has 1 fully saturated rings. The molecule has 1 aromatic carbocycles. The lowest BCUT2D eigenvalue weighted by Gasteiger charge is -2.34. The van der Waals surface area contributed by atoms with Crippen LogP contribution in [0.4, 0.5) is 0 Å². The summed E-state index contributed by atoms with van der Waals surface area (Å²) in [5.74, 6) is 0.869. The van der Waals surface area contributed by atoms with Crippen molar-refractivity contribution >= 4 is 42.3 Å². The van der Waals surface area contributed by atoms with E-state index in [1.165, 1.54) is 0 Å². The summed E-state index contributed by atoms with van der Waals surface area (Å²) in [6, 6.07) is 7.49. The summed E-state index contributed by atoms with van der Waals surface area (Å²) in [4.78, 5) is 16.3. The molecule has 0 saturated carbocycles. The molecule has 150 valence electrons. The van der Waals surface area contributed by atoms with Crippen LogP contribution < -0.4 is 10.1 Å². The van der Waals surface area contributed by atoms with Crippen LogP contribution in [0.3, 0.4) is 0 Å². The minimum Gasteiger partial charge on any atom is -0.491 e. The van der Waals surface area contributed by atoms with Crippen LogP contribution in [0.15, 0.2) is 24.3 Å². The number of halogens is 3. The van der Waals surface area contributed by atoms with Gasteiger partial charge < -0.3 is 19.7 Å². The van der Waals surface area contributed by atoms with Crippen molar-refractivity contribution in [3.63, 3.8) is 0 Å². The van der Waals surface area contributed by atoms with Gasteiger partial charge in [0.15, 0.2) is 0 Å². The fourth-order valence-corrected chi connectivity index (χ4v) is 2.74. The molecule has 0 atom stereocenters. The number of ether oxygens (including phenoxy) is 2. The Morgan fingerprint density at radius 1 is 1.15 bits per heavy atom. The number of methoxy groups -OCH3 is 1. The Hall–Kier alpha value is -0.760. The standard InChI is InChI=1S/C17H26ClN3O3.2ClH/c1-23-12-6-19-14-17(22)21-9-7-20(8-10-21)11-13-24-16-5-3-2-4-15(16)18;;/h2-5,19H,6-14H2,1H3;2*1H. The Morgan fingerprint density at radius 2 is 1.85 bits per heavy atom. The maximum absolute atomic E-state index is 12.1. The van der Waals surface area contributed by atoms with Crippen molar-refractivity contribution in [3.05, 3.63) is 29.3 Å². The molecule has 1 aliphatic rings. The number of benzene rings is 1. The Balaban J connectivity index is 0.00000312. The molecular weight excluding hydrogens is 401 g/mol. The average molecular weight is 429 g/mol. The Morgan fingerprint density at radius 3 is 2.50 bits per heavy atom. The summed E-state index contributed by atoms with van der Waals surface area (Å²) in [7, 11) is 1.65. The summed E-state index contributed by atoms with van der Waals surface area (Å²) < 4.78 is 10.7. The minimum atomic E-state index is 0. The lowest BCUT2D eigenvalue weighted by Crippen LogP contribution is -2.51. The third-order valence-corrected chi connectivity index (χ3v) is 4.30. The van der Waals surface area contributed by atoms with E-state index in [4.69, 9.17) is 21.1 Å². The molecule has 0 aromatic heterocycles. The van der Waals surface area contributed by atoms with Crippen molar-refractivity contribution in [1.29, 1.82) is 0 Å². The van der Waals surface area contributed by atoms with E-state index in [1.807, 2.05) is 29.2 Å². The lowest BCUT2D eigenvalue weighted by atomic mass is 10.3. The van der Waals surface area contributed by atoms with Crippen molar-refractivity contribution in [1.82, 2.24) is 15.1 Å². The first-order valence-electron chi connectivity index (χ1n) is 8.28. The van der Waals surface area contributed by atoms with E-state index in [0.29, 0.717) is 31.3 Å². The monoisotopic (exact) mass is 427 g/mol. The van der Waals surface area contributed by atoms with Crippen molar-refractivity contribution in [2.24, 2.45) is 0 Å². The maximum Gasteiger partial charge on any atom is 0.236 e. The van der Waals surface area contributed by atoms with E-state index in [-0.39, 0.29) is 30.7 Å². The number of carbonyl (C=O) groups excluding carboxylic acids is 1. The van der Waals surface area contributed by atoms with Gasteiger partial charge in [-0.3, -0.25) is 9.69 Å². The largest absolute Gasteiger partial charge is 0.491 e. The van der Waals surface area contributed by atoms with Crippen LogP contribution in [-0.4, -0.2) is 81.8 Å². The molecule has 1 saturated heterocycles. The smallest absolute Gasteiger partial charge is 0.236 e. The molecule has 1 aliphatic heterocycles. The molecule has 0 aliphatic carbocycles. The van der Waals surface area contributed by atoms with Gasteiger partial charge in [0.2, 0.25) is 5.91 Å². The van der Waals surface area contributed by atoms with E-state index < -0.39 is 0 Å². The second kappa shape index (κ2) is 14.3. The van der Waals surface area contributed by atoms with Gasteiger partial charge >= 0.3 is 0 Å². The van der Waals surface area contributed by atoms with Crippen LogP contribution in [0.5, 0.6) is 5.75 Å². The first kappa shape index (κ1) is 25.2. The van der Waals surface area contributed by atoms with Gasteiger partial charge in [-0.15, -0.1) is 24.8 Å². The normalized spacial score (nSPS) is 14.3. The maximum atomic E-state index is 12.1. The van der Waals surface area contributed by atoms with E-state index in [2.05, 4.69) is 10.2 Å². The number of nitrogens with one attached hydrogen (secondary N) is 1. The molecule has 1 N–H and O–H groups in total. The quantitative estimate of drug-likeness (QED) is 0.609. The molecule has 0 unspecified atom stereocenters. The number of hydrogen-bond acceptors (Lipinski definition) is 5. The third kappa shape index (κ3) is 8.75. The molecule has 1 aromatic rings. The van der Waals surface area contributed by atoms with Crippen LogP contribution in [0, 0.1) is 0 Å². The molecule has 6 nitrogen and oxygen atoms in total. The Kier molecular flexibility index (Phi) is 13.9. The highest BCUT2D eigenvalue weighted by atomic mass is 35.5. The molecule has 0 bridgehead atoms. The third-order valence-electron chi connectivity index (χ3n) is 3.99. The number of para-hydroxylation sites is 1.